The van der Waals surface area contributed by atoms with Crippen LogP contribution in [0.1, 0.15) is 130 Å². The van der Waals surface area contributed by atoms with Gasteiger partial charge < -0.3 is 10.2 Å². The summed E-state index contributed by atoms with van der Waals surface area (Å²) in [5, 5.41) is 19.8. The van der Waals surface area contributed by atoms with Gasteiger partial charge in [0.1, 0.15) is 0 Å². The highest BCUT2D eigenvalue weighted by Crippen LogP contribution is 2.29. The van der Waals surface area contributed by atoms with E-state index in [0.29, 0.717) is 0 Å². The van der Waals surface area contributed by atoms with E-state index >= 15 is 0 Å². The topological polar surface area (TPSA) is 57.5 Å². The molecule has 0 aliphatic heterocycles. The molecule has 2 atom stereocenters. The molecule has 0 rings (SSSR count). The normalized spacial score (nSPS) is 14.9. The number of carbonyl (C=O) groups is 1. The Morgan fingerprint density at radius 1 is 0.692 bits per heavy atom. The Kier molecular flexibility index (Phi) is 16.2. The van der Waals surface area contributed by atoms with Crippen molar-refractivity contribution >= 4 is 5.97 Å². The Morgan fingerprint density at radius 3 is 1.31 bits per heavy atom. The molecule has 26 heavy (non-hydrogen) atoms. The lowest BCUT2D eigenvalue weighted by atomic mass is 9.81. The number of unbranched alkanes of at least 4 members (excludes halogenated alkanes) is 13. The third-order valence-corrected chi connectivity index (χ3v) is 5.79. The second-order valence-corrected chi connectivity index (χ2v) is 8.32. The number of carboxylic acids is 1. The van der Waals surface area contributed by atoms with Crippen molar-refractivity contribution in [3.63, 3.8) is 0 Å². The molecule has 0 aromatic carbocycles. The smallest absolute Gasteiger partial charge is 0.335 e. The van der Waals surface area contributed by atoms with Crippen molar-refractivity contribution in [1.82, 2.24) is 0 Å². The molecule has 0 heterocycles. The van der Waals surface area contributed by atoms with Gasteiger partial charge in [-0.15, -0.1) is 0 Å². The zero-order valence-corrected chi connectivity index (χ0v) is 17.9. The second-order valence-electron chi connectivity index (χ2n) is 8.32. The van der Waals surface area contributed by atoms with Gasteiger partial charge in [-0.2, -0.15) is 0 Å². The Hall–Kier alpha value is -0.570. The quantitative estimate of drug-likeness (QED) is 0.238. The second kappa shape index (κ2) is 16.6. The van der Waals surface area contributed by atoms with E-state index in [-0.39, 0.29) is 5.92 Å². The molecule has 0 aliphatic rings. The van der Waals surface area contributed by atoms with Crippen LogP contribution in [0.25, 0.3) is 0 Å². The maximum atomic E-state index is 11.4. The third kappa shape index (κ3) is 12.7. The molecule has 156 valence electrons. The van der Waals surface area contributed by atoms with Gasteiger partial charge >= 0.3 is 5.97 Å². The van der Waals surface area contributed by atoms with Gasteiger partial charge in [0.15, 0.2) is 5.60 Å². The van der Waals surface area contributed by atoms with Crippen molar-refractivity contribution in [2.75, 3.05) is 0 Å². The number of hydrogen-bond acceptors (Lipinski definition) is 2. The molecule has 0 aromatic heterocycles. The fourth-order valence-electron chi connectivity index (χ4n) is 3.75. The lowest BCUT2D eigenvalue weighted by Crippen LogP contribution is -2.43. The van der Waals surface area contributed by atoms with E-state index in [1.807, 2.05) is 0 Å². The lowest BCUT2D eigenvalue weighted by Gasteiger charge is -2.29. The molecule has 3 heteroatoms. The standard InChI is InChI=1S/C23H46O3/c1-4-6-8-10-12-13-14-16-18-20-21(23(3,26)22(24)25)19-17-15-11-9-7-5-2/h21,26H,4-20H2,1-3H3,(H,24,25). The first kappa shape index (κ1) is 25.4. The predicted octanol–water partition coefficient (Wildman–Crippen LogP) is 7.11. The SMILES string of the molecule is CCCCCCCCCCCC(CCCCCCCC)C(C)(O)C(=O)O. The maximum absolute atomic E-state index is 11.4. The third-order valence-electron chi connectivity index (χ3n) is 5.79. The van der Waals surface area contributed by atoms with Crippen LogP contribution in [0.2, 0.25) is 0 Å². The monoisotopic (exact) mass is 370 g/mol. The molecule has 0 saturated heterocycles. The van der Waals surface area contributed by atoms with E-state index in [1.165, 1.54) is 77.6 Å². The van der Waals surface area contributed by atoms with Crippen molar-refractivity contribution in [1.29, 1.82) is 0 Å². The molecule has 2 N–H and O–H groups in total. The van der Waals surface area contributed by atoms with Crippen LogP contribution in [0, 0.1) is 5.92 Å². The molecular formula is C23H46O3. The zero-order valence-electron chi connectivity index (χ0n) is 17.9. The Balaban J connectivity index is 4.00. The van der Waals surface area contributed by atoms with Gasteiger partial charge in [0.25, 0.3) is 0 Å². The van der Waals surface area contributed by atoms with Crippen LogP contribution >= 0.6 is 0 Å². The molecule has 3 nitrogen and oxygen atoms in total. The van der Waals surface area contributed by atoms with Crippen LogP contribution in [-0.2, 0) is 4.79 Å². The largest absolute Gasteiger partial charge is 0.479 e. The van der Waals surface area contributed by atoms with Crippen molar-refractivity contribution in [2.24, 2.45) is 5.92 Å². The minimum Gasteiger partial charge on any atom is -0.479 e. The number of aliphatic hydroxyl groups is 1. The number of hydrogen-bond donors (Lipinski definition) is 2. The fourth-order valence-corrected chi connectivity index (χ4v) is 3.75. The van der Waals surface area contributed by atoms with Gasteiger partial charge in [0.2, 0.25) is 0 Å². The summed E-state index contributed by atoms with van der Waals surface area (Å²) in [6, 6.07) is 0. The summed E-state index contributed by atoms with van der Waals surface area (Å²) in [6.07, 6.45) is 20.3. The summed E-state index contributed by atoms with van der Waals surface area (Å²) in [5.41, 5.74) is -1.58. The number of rotatable bonds is 19. The van der Waals surface area contributed by atoms with Crippen molar-refractivity contribution in [2.45, 2.75) is 136 Å². The van der Waals surface area contributed by atoms with E-state index in [4.69, 9.17) is 0 Å². The van der Waals surface area contributed by atoms with Crippen LogP contribution in [0.3, 0.4) is 0 Å². The van der Waals surface area contributed by atoms with Gasteiger partial charge in [-0.05, 0) is 25.7 Å². The van der Waals surface area contributed by atoms with E-state index < -0.39 is 11.6 Å². The minimum absolute atomic E-state index is 0.115. The van der Waals surface area contributed by atoms with Gasteiger partial charge in [0.05, 0.1) is 0 Å². The van der Waals surface area contributed by atoms with E-state index in [0.717, 1.165) is 38.5 Å². The Bertz CT molecular complexity index is 325. The predicted molar refractivity (Wildman–Crippen MR) is 112 cm³/mol. The highest BCUT2D eigenvalue weighted by Gasteiger charge is 2.38. The van der Waals surface area contributed by atoms with Crippen LogP contribution in [0.15, 0.2) is 0 Å². The van der Waals surface area contributed by atoms with Gasteiger partial charge in [-0.1, -0.05) is 110 Å². The van der Waals surface area contributed by atoms with Gasteiger partial charge in [-0.25, -0.2) is 4.79 Å². The summed E-state index contributed by atoms with van der Waals surface area (Å²) in [7, 11) is 0. The van der Waals surface area contributed by atoms with Crippen molar-refractivity contribution in [3.05, 3.63) is 0 Å². The van der Waals surface area contributed by atoms with E-state index in [1.54, 1.807) is 0 Å². The lowest BCUT2D eigenvalue weighted by molar-refractivity contribution is -0.163. The molecule has 0 bridgehead atoms. The molecule has 0 spiro atoms. The Labute approximate surface area is 163 Å². The highest BCUT2D eigenvalue weighted by atomic mass is 16.4. The van der Waals surface area contributed by atoms with Crippen LogP contribution in [0.5, 0.6) is 0 Å². The number of aliphatic carboxylic acids is 1. The summed E-state index contributed by atoms with van der Waals surface area (Å²) < 4.78 is 0. The average molecular weight is 371 g/mol. The maximum Gasteiger partial charge on any atom is 0.335 e. The van der Waals surface area contributed by atoms with E-state index in [2.05, 4.69) is 13.8 Å². The first-order chi connectivity index (χ1) is 12.5. The fraction of sp³-hybridized carbons (Fsp3) is 0.957. The molecule has 0 aromatic rings. The van der Waals surface area contributed by atoms with Gasteiger partial charge in [0, 0.05) is 0 Å². The average Bonchev–Trinajstić information content (AvgIpc) is 2.61. The zero-order chi connectivity index (χ0) is 19.7. The van der Waals surface area contributed by atoms with Crippen molar-refractivity contribution in [3.8, 4) is 0 Å². The first-order valence-corrected chi connectivity index (χ1v) is 11.4. The van der Waals surface area contributed by atoms with Crippen LogP contribution < -0.4 is 0 Å². The van der Waals surface area contributed by atoms with Crippen LogP contribution in [0.4, 0.5) is 0 Å². The first-order valence-electron chi connectivity index (χ1n) is 11.4. The highest BCUT2D eigenvalue weighted by molar-refractivity contribution is 5.76. The summed E-state index contributed by atoms with van der Waals surface area (Å²) in [4.78, 5) is 11.4. The minimum atomic E-state index is -1.58. The molecular weight excluding hydrogens is 324 g/mol. The Morgan fingerprint density at radius 2 is 1.00 bits per heavy atom. The van der Waals surface area contributed by atoms with E-state index in [9.17, 15) is 15.0 Å². The molecule has 0 fully saturated rings. The summed E-state index contributed by atoms with van der Waals surface area (Å²) in [6.45, 7) is 5.95. The van der Waals surface area contributed by atoms with Gasteiger partial charge in [-0.3, -0.25) is 0 Å². The molecule has 0 amide bonds. The summed E-state index contributed by atoms with van der Waals surface area (Å²) in [5.74, 6) is -1.18. The number of carboxylic acid groups (broad SMARTS) is 1. The van der Waals surface area contributed by atoms with Crippen LogP contribution in [-0.4, -0.2) is 21.8 Å². The molecule has 0 radical (unpaired) electrons. The van der Waals surface area contributed by atoms with Crippen molar-refractivity contribution < 1.29 is 15.0 Å². The summed E-state index contributed by atoms with van der Waals surface area (Å²) >= 11 is 0. The molecule has 0 aliphatic carbocycles. The molecule has 2 unspecified atom stereocenters. The molecule has 0 saturated carbocycles.